The highest BCUT2D eigenvalue weighted by atomic mass is 32.1. The van der Waals surface area contributed by atoms with Crippen LogP contribution in [0.1, 0.15) is 5.01 Å². The number of rotatable bonds is 4. The summed E-state index contributed by atoms with van der Waals surface area (Å²) in [4.78, 5) is 23.7. The van der Waals surface area contributed by atoms with Crippen LogP contribution in [0.3, 0.4) is 0 Å². The Morgan fingerprint density at radius 2 is 1.56 bits per heavy atom. The normalized spacial score (nSPS) is 14.2. The topological polar surface area (TPSA) is 75.3 Å². The summed E-state index contributed by atoms with van der Waals surface area (Å²) in [5, 5.41) is 5.44. The molecule has 34 heavy (non-hydrogen) atoms. The molecule has 0 saturated carbocycles. The monoisotopic (exact) mass is 472 g/mol. The van der Waals surface area contributed by atoms with Gasteiger partial charge in [0.25, 0.3) is 0 Å². The molecule has 0 unspecified atom stereocenters. The molecule has 6 rings (SSSR count). The second kappa shape index (κ2) is 8.45. The van der Waals surface area contributed by atoms with Gasteiger partial charge in [0.1, 0.15) is 17.7 Å². The Hall–Kier alpha value is -3.92. The highest BCUT2D eigenvalue weighted by Crippen LogP contribution is 2.30. The maximum Gasteiger partial charge on any atom is 0.225 e. The lowest BCUT2D eigenvalue weighted by atomic mass is 10.1. The zero-order valence-electron chi connectivity index (χ0n) is 18.5. The molecule has 1 aliphatic rings. The minimum atomic E-state index is -0.255. The molecule has 0 aliphatic carbocycles. The molecule has 0 bridgehead atoms. The zero-order valence-corrected chi connectivity index (χ0v) is 19.3. The number of fused-ring (bicyclic) bond motifs is 1. The molecule has 0 N–H and O–H groups in total. The number of halogens is 1. The lowest BCUT2D eigenvalue weighted by molar-refractivity contribution is 0.628. The van der Waals surface area contributed by atoms with Gasteiger partial charge in [-0.05, 0) is 30.7 Å². The average molecular weight is 473 g/mol. The molecular formula is C24H21FN8S. The molecule has 0 radical (unpaired) electrons. The largest absolute Gasteiger partial charge is 0.351 e. The van der Waals surface area contributed by atoms with Crippen LogP contribution in [0, 0.1) is 12.7 Å². The van der Waals surface area contributed by atoms with Crippen molar-refractivity contribution in [3.05, 3.63) is 72.3 Å². The first-order valence-electron chi connectivity index (χ1n) is 11.0. The van der Waals surface area contributed by atoms with Gasteiger partial charge in [-0.3, -0.25) is 0 Å². The van der Waals surface area contributed by atoms with E-state index in [9.17, 15) is 4.39 Å². The van der Waals surface area contributed by atoms with E-state index in [4.69, 9.17) is 0 Å². The number of aryl methyl sites for hydroxylation is 1. The molecular weight excluding hydrogens is 451 g/mol. The van der Waals surface area contributed by atoms with Gasteiger partial charge >= 0.3 is 0 Å². The van der Waals surface area contributed by atoms with Crippen molar-refractivity contribution in [2.24, 2.45) is 0 Å². The number of benzene rings is 1. The second-order valence-corrected chi connectivity index (χ2v) is 9.37. The van der Waals surface area contributed by atoms with E-state index in [-0.39, 0.29) is 5.82 Å². The number of thiazole rings is 1. The highest BCUT2D eigenvalue weighted by Gasteiger charge is 2.22. The Morgan fingerprint density at radius 3 is 2.26 bits per heavy atom. The third-order valence-electron chi connectivity index (χ3n) is 5.97. The van der Waals surface area contributed by atoms with Crippen LogP contribution < -0.4 is 9.80 Å². The standard InChI is InChI=1S/C24H21FN8S/c1-16-26-13-22(34-16)18-10-21-23(29-15-30-33(21)14-18)31-6-8-32(9-7-31)24-27-11-19(12-28-24)17-2-4-20(25)5-3-17/h2-5,10-15H,6-9H2,1H3. The molecule has 0 spiro atoms. The summed E-state index contributed by atoms with van der Waals surface area (Å²) in [6.07, 6.45) is 9.12. The van der Waals surface area contributed by atoms with E-state index in [1.54, 1.807) is 42.2 Å². The molecule has 5 aromatic rings. The smallest absolute Gasteiger partial charge is 0.225 e. The van der Waals surface area contributed by atoms with Gasteiger partial charge in [-0.1, -0.05) is 12.1 Å². The van der Waals surface area contributed by atoms with E-state index < -0.39 is 0 Å². The molecule has 5 heterocycles. The van der Waals surface area contributed by atoms with Gasteiger partial charge in [0, 0.05) is 62.1 Å². The van der Waals surface area contributed by atoms with Crippen LogP contribution in [-0.4, -0.2) is 55.7 Å². The van der Waals surface area contributed by atoms with E-state index >= 15 is 0 Å². The van der Waals surface area contributed by atoms with Crippen molar-refractivity contribution >= 4 is 28.6 Å². The van der Waals surface area contributed by atoms with Crippen molar-refractivity contribution in [1.29, 1.82) is 0 Å². The fourth-order valence-electron chi connectivity index (χ4n) is 4.18. The number of hydrogen-bond acceptors (Lipinski definition) is 8. The van der Waals surface area contributed by atoms with Gasteiger partial charge in [0.15, 0.2) is 5.82 Å². The van der Waals surface area contributed by atoms with Crippen LogP contribution in [0.25, 0.3) is 27.1 Å². The summed E-state index contributed by atoms with van der Waals surface area (Å²) in [7, 11) is 0. The van der Waals surface area contributed by atoms with Gasteiger partial charge in [-0.25, -0.2) is 28.8 Å². The zero-order chi connectivity index (χ0) is 23.1. The summed E-state index contributed by atoms with van der Waals surface area (Å²) < 4.78 is 15.1. The van der Waals surface area contributed by atoms with Crippen molar-refractivity contribution in [2.75, 3.05) is 36.0 Å². The van der Waals surface area contributed by atoms with Crippen LogP contribution in [0.2, 0.25) is 0 Å². The number of hydrogen-bond donors (Lipinski definition) is 0. The molecule has 1 saturated heterocycles. The van der Waals surface area contributed by atoms with Crippen LogP contribution in [0.15, 0.2) is 61.4 Å². The minimum absolute atomic E-state index is 0.255. The van der Waals surface area contributed by atoms with E-state index in [2.05, 4.69) is 40.9 Å². The first-order chi connectivity index (χ1) is 16.6. The minimum Gasteiger partial charge on any atom is -0.351 e. The maximum absolute atomic E-state index is 13.2. The fraction of sp³-hybridized carbons (Fsp3) is 0.208. The summed E-state index contributed by atoms with van der Waals surface area (Å²) in [5.74, 6) is 1.37. The first-order valence-corrected chi connectivity index (χ1v) is 11.8. The van der Waals surface area contributed by atoms with Crippen LogP contribution in [0.4, 0.5) is 16.2 Å². The Bertz CT molecular complexity index is 1440. The molecule has 4 aromatic heterocycles. The van der Waals surface area contributed by atoms with Gasteiger partial charge in [-0.15, -0.1) is 11.3 Å². The van der Waals surface area contributed by atoms with Crippen molar-refractivity contribution in [3.63, 3.8) is 0 Å². The molecule has 1 aromatic carbocycles. The highest BCUT2D eigenvalue weighted by molar-refractivity contribution is 7.15. The van der Waals surface area contributed by atoms with E-state index in [0.29, 0.717) is 5.95 Å². The Balaban J connectivity index is 1.18. The molecule has 1 aliphatic heterocycles. The first kappa shape index (κ1) is 20.7. The third kappa shape index (κ3) is 3.86. The number of aromatic nitrogens is 6. The fourth-order valence-corrected chi connectivity index (χ4v) is 4.94. The van der Waals surface area contributed by atoms with Gasteiger partial charge < -0.3 is 9.80 Å². The summed E-state index contributed by atoms with van der Waals surface area (Å²) in [6.45, 7) is 5.18. The second-order valence-electron chi connectivity index (χ2n) is 8.14. The van der Waals surface area contributed by atoms with Crippen LogP contribution in [-0.2, 0) is 0 Å². The number of anilines is 2. The van der Waals surface area contributed by atoms with Crippen LogP contribution >= 0.6 is 11.3 Å². The predicted molar refractivity (Wildman–Crippen MR) is 131 cm³/mol. The maximum atomic E-state index is 13.2. The van der Waals surface area contributed by atoms with Gasteiger partial charge in [-0.2, -0.15) is 5.10 Å². The SMILES string of the molecule is Cc1ncc(-c2cc3c(N4CCN(c5ncc(-c6ccc(F)cc6)cn5)CC4)ncnn3c2)s1. The lowest BCUT2D eigenvalue weighted by Crippen LogP contribution is -2.47. The molecule has 8 nitrogen and oxygen atoms in total. The third-order valence-corrected chi connectivity index (χ3v) is 6.93. The molecule has 0 atom stereocenters. The average Bonchev–Trinajstić information content (AvgIpc) is 3.51. The lowest BCUT2D eigenvalue weighted by Gasteiger charge is -2.35. The van der Waals surface area contributed by atoms with Gasteiger partial charge in [0.2, 0.25) is 5.95 Å². The van der Waals surface area contributed by atoms with Crippen molar-refractivity contribution in [3.8, 4) is 21.6 Å². The quantitative estimate of drug-likeness (QED) is 0.390. The number of piperazine rings is 1. The Kier molecular flexibility index (Phi) is 5.14. The summed E-state index contributed by atoms with van der Waals surface area (Å²) >= 11 is 1.67. The molecule has 1 fully saturated rings. The Morgan fingerprint density at radius 1 is 0.824 bits per heavy atom. The molecule has 10 heteroatoms. The summed E-state index contributed by atoms with van der Waals surface area (Å²) in [5.41, 5.74) is 3.84. The predicted octanol–water partition coefficient (Wildman–Crippen LogP) is 4.08. The van der Waals surface area contributed by atoms with Crippen molar-refractivity contribution in [1.82, 2.24) is 29.5 Å². The van der Waals surface area contributed by atoms with E-state index in [1.807, 2.05) is 23.8 Å². The van der Waals surface area contributed by atoms with Gasteiger partial charge in [0.05, 0.1) is 9.88 Å². The van der Waals surface area contributed by atoms with Crippen molar-refractivity contribution < 1.29 is 4.39 Å². The van der Waals surface area contributed by atoms with E-state index in [0.717, 1.165) is 64.1 Å². The number of nitrogens with zero attached hydrogens (tertiary/aromatic N) is 8. The summed E-state index contributed by atoms with van der Waals surface area (Å²) in [6, 6.07) is 8.49. The Labute approximate surface area is 199 Å². The van der Waals surface area contributed by atoms with E-state index in [1.165, 1.54) is 12.1 Å². The molecule has 0 amide bonds. The van der Waals surface area contributed by atoms with Crippen LogP contribution in [0.5, 0.6) is 0 Å². The van der Waals surface area contributed by atoms with Crippen molar-refractivity contribution in [2.45, 2.75) is 6.92 Å². The molecule has 170 valence electrons.